The van der Waals surface area contributed by atoms with Crippen molar-refractivity contribution in [3.63, 3.8) is 0 Å². The highest BCUT2D eigenvalue weighted by molar-refractivity contribution is 5.90. The average molecular weight is 322 g/mol. The summed E-state index contributed by atoms with van der Waals surface area (Å²) in [4.78, 5) is 12.7. The Bertz CT molecular complexity index is 663. The first-order chi connectivity index (χ1) is 11.7. The fourth-order valence-corrected chi connectivity index (χ4v) is 2.35. The second-order valence-electron chi connectivity index (χ2n) is 5.26. The largest absolute Gasteiger partial charge is 0.372 e. The topological polar surface area (TPSA) is 61.4 Å². The molecule has 2 aromatic rings. The van der Waals surface area contributed by atoms with Gasteiger partial charge in [-0.2, -0.15) is 0 Å². The lowest BCUT2D eigenvalue weighted by Crippen LogP contribution is -2.45. The Kier molecular flexibility index (Phi) is 6.56. The number of carbonyl (C=O) groups excluding carboxylic acids is 1. The van der Waals surface area contributed by atoms with Crippen LogP contribution in [0.25, 0.3) is 0 Å². The van der Waals surface area contributed by atoms with Crippen molar-refractivity contribution in [3.05, 3.63) is 71.8 Å². The highest BCUT2D eigenvalue weighted by Gasteiger charge is 2.39. The number of rotatable bonds is 6. The van der Waals surface area contributed by atoms with E-state index in [1.807, 2.05) is 19.1 Å². The van der Waals surface area contributed by atoms with Crippen LogP contribution in [-0.2, 0) is 10.4 Å². The van der Waals surface area contributed by atoms with Crippen LogP contribution in [0.15, 0.2) is 60.7 Å². The highest BCUT2D eigenvalue weighted by Crippen LogP contribution is 2.29. The molecule has 0 aromatic heterocycles. The number of nitrogens with one attached hydrogen (secondary N) is 2. The molecule has 0 heterocycles. The van der Waals surface area contributed by atoms with Crippen molar-refractivity contribution >= 4 is 5.91 Å². The zero-order valence-corrected chi connectivity index (χ0v) is 13.8. The Morgan fingerprint density at radius 1 is 0.958 bits per heavy atom. The molecular formula is C20H22N2O2. The van der Waals surface area contributed by atoms with Gasteiger partial charge in [0.05, 0.1) is 13.1 Å². The normalized spacial score (nSPS) is 10.6. The maximum Gasteiger partial charge on any atom is 0.262 e. The van der Waals surface area contributed by atoms with E-state index >= 15 is 0 Å². The standard InChI is InChI=1S/C20H22N2O2/c1-2-21-15-9-10-16-22-19(23)20(24,17-11-5-3-6-12-17)18-13-7-4-8-14-18/h3-8,11-14,21,24H,2,15-16H2,1H3,(H,22,23). The summed E-state index contributed by atoms with van der Waals surface area (Å²) in [6.45, 7) is 3.62. The molecule has 1 amide bonds. The fraction of sp³-hybridized carbons (Fsp3) is 0.250. The van der Waals surface area contributed by atoms with E-state index in [1.54, 1.807) is 48.5 Å². The lowest BCUT2D eigenvalue weighted by Gasteiger charge is -2.27. The predicted molar refractivity (Wildman–Crippen MR) is 95.2 cm³/mol. The van der Waals surface area contributed by atoms with Crippen LogP contribution < -0.4 is 10.6 Å². The smallest absolute Gasteiger partial charge is 0.262 e. The molecule has 0 saturated carbocycles. The highest BCUT2D eigenvalue weighted by atomic mass is 16.3. The number of hydrogen-bond donors (Lipinski definition) is 3. The van der Waals surface area contributed by atoms with Crippen LogP contribution in [0.2, 0.25) is 0 Å². The van der Waals surface area contributed by atoms with E-state index in [0.29, 0.717) is 17.7 Å². The van der Waals surface area contributed by atoms with Crippen LogP contribution in [0.3, 0.4) is 0 Å². The summed E-state index contributed by atoms with van der Waals surface area (Å²) in [6.07, 6.45) is 0. The van der Waals surface area contributed by atoms with E-state index in [4.69, 9.17) is 0 Å². The summed E-state index contributed by atoms with van der Waals surface area (Å²) in [5.41, 5.74) is -0.699. The number of hydrogen-bond acceptors (Lipinski definition) is 3. The Labute approximate surface area is 142 Å². The Balaban J connectivity index is 2.20. The lowest BCUT2D eigenvalue weighted by molar-refractivity contribution is -0.136. The number of amides is 1. The van der Waals surface area contributed by atoms with Crippen LogP contribution in [0, 0.1) is 11.8 Å². The zero-order valence-electron chi connectivity index (χ0n) is 13.8. The lowest BCUT2D eigenvalue weighted by atomic mass is 9.85. The SMILES string of the molecule is CCNCC#CCNC(=O)C(O)(c1ccccc1)c1ccccc1. The molecule has 0 unspecified atom stereocenters. The molecule has 0 fully saturated rings. The minimum absolute atomic E-state index is 0.187. The van der Waals surface area contributed by atoms with E-state index in [2.05, 4.69) is 22.5 Å². The van der Waals surface area contributed by atoms with Gasteiger partial charge in [0.25, 0.3) is 5.91 Å². The molecular weight excluding hydrogens is 300 g/mol. The summed E-state index contributed by atoms with van der Waals surface area (Å²) in [7, 11) is 0. The van der Waals surface area contributed by atoms with Crippen molar-refractivity contribution in [3.8, 4) is 11.8 Å². The molecule has 0 radical (unpaired) electrons. The van der Waals surface area contributed by atoms with Crippen LogP contribution in [-0.4, -0.2) is 30.6 Å². The van der Waals surface area contributed by atoms with E-state index in [0.717, 1.165) is 6.54 Å². The maximum absolute atomic E-state index is 12.7. The second kappa shape index (κ2) is 8.88. The number of carbonyl (C=O) groups is 1. The van der Waals surface area contributed by atoms with Gasteiger partial charge in [0.15, 0.2) is 5.60 Å². The molecule has 0 bridgehead atoms. The Morgan fingerprint density at radius 2 is 1.46 bits per heavy atom. The number of aliphatic hydroxyl groups is 1. The summed E-state index contributed by atoms with van der Waals surface area (Å²) in [5.74, 6) is 5.30. The fourth-order valence-electron chi connectivity index (χ4n) is 2.35. The van der Waals surface area contributed by atoms with Gasteiger partial charge in [-0.25, -0.2) is 0 Å². The van der Waals surface area contributed by atoms with Gasteiger partial charge in [-0.1, -0.05) is 79.4 Å². The minimum atomic E-state index is -1.74. The molecule has 0 spiro atoms. The van der Waals surface area contributed by atoms with Gasteiger partial charge in [0.1, 0.15) is 0 Å². The van der Waals surface area contributed by atoms with Crippen molar-refractivity contribution in [1.82, 2.24) is 10.6 Å². The van der Waals surface area contributed by atoms with Crippen molar-refractivity contribution < 1.29 is 9.90 Å². The van der Waals surface area contributed by atoms with Crippen LogP contribution in [0.5, 0.6) is 0 Å². The van der Waals surface area contributed by atoms with Gasteiger partial charge in [0, 0.05) is 0 Å². The molecule has 2 aromatic carbocycles. The Hall–Kier alpha value is -2.61. The van der Waals surface area contributed by atoms with E-state index in [9.17, 15) is 9.90 Å². The first-order valence-corrected chi connectivity index (χ1v) is 7.97. The summed E-state index contributed by atoms with van der Waals surface area (Å²) < 4.78 is 0. The molecule has 0 atom stereocenters. The molecule has 2 rings (SSSR count). The number of benzene rings is 2. The molecule has 124 valence electrons. The van der Waals surface area contributed by atoms with Crippen LogP contribution in [0.1, 0.15) is 18.1 Å². The maximum atomic E-state index is 12.7. The second-order valence-corrected chi connectivity index (χ2v) is 5.26. The van der Waals surface area contributed by atoms with Crippen LogP contribution in [0.4, 0.5) is 0 Å². The quantitative estimate of drug-likeness (QED) is 0.560. The van der Waals surface area contributed by atoms with Gasteiger partial charge in [-0.05, 0) is 17.7 Å². The van der Waals surface area contributed by atoms with Gasteiger partial charge in [-0.3, -0.25) is 4.79 Å². The Morgan fingerprint density at radius 3 is 1.96 bits per heavy atom. The van der Waals surface area contributed by atoms with Crippen molar-refractivity contribution in [1.29, 1.82) is 0 Å². The molecule has 0 saturated heterocycles. The first kappa shape index (κ1) is 17.7. The van der Waals surface area contributed by atoms with Crippen molar-refractivity contribution in [2.24, 2.45) is 0 Å². The molecule has 3 N–H and O–H groups in total. The summed E-state index contributed by atoms with van der Waals surface area (Å²) >= 11 is 0. The van der Waals surface area contributed by atoms with Crippen molar-refractivity contribution in [2.45, 2.75) is 12.5 Å². The molecule has 4 heteroatoms. The van der Waals surface area contributed by atoms with E-state index in [1.165, 1.54) is 0 Å². The average Bonchev–Trinajstić information content (AvgIpc) is 2.65. The van der Waals surface area contributed by atoms with E-state index in [-0.39, 0.29) is 6.54 Å². The third-order valence-corrected chi connectivity index (χ3v) is 3.64. The van der Waals surface area contributed by atoms with Crippen LogP contribution >= 0.6 is 0 Å². The molecule has 24 heavy (non-hydrogen) atoms. The summed E-state index contributed by atoms with van der Waals surface area (Å²) in [5, 5.41) is 17.0. The molecule has 0 aliphatic carbocycles. The third-order valence-electron chi connectivity index (χ3n) is 3.64. The first-order valence-electron chi connectivity index (χ1n) is 7.97. The van der Waals surface area contributed by atoms with Gasteiger partial charge in [0.2, 0.25) is 0 Å². The van der Waals surface area contributed by atoms with Gasteiger partial charge in [-0.15, -0.1) is 0 Å². The predicted octanol–water partition coefficient (Wildman–Crippen LogP) is 1.65. The summed E-state index contributed by atoms with van der Waals surface area (Å²) in [6, 6.07) is 17.8. The molecule has 0 aliphatic heterocycles. The van der Waals surface area contributed by atoms with Gasteiger partial charge < -0.3 is 15.7 Å². The molecule has 4 nitrogen and oxygen atoms in total. The molecule has 0 aliphatic rings. The van der Waals surface area contributed by atoms with E-state index < -0.39 is 11.5 Å². The minimum Gasteiger partial charge on any atom is -0.372 e. The monoisotopic (exact) mass is 322 g/mol. The van der Waals surface area contributed by atoms with Gasteiger partial charge >= 0.3 is 0 Å². The third kappa shape index (κ3) is 4.23. The van der Waals surface area contributed by atoms with Crippen molar-refractivity contribution in [2.75, 3.05) is 19.6 Å². The zero-order chi connectivity index (χ0) is 17.3.